The lowest BCUT2D eigenvalue weighted by Crippen LogP contribution is -2.22. The Kier molecular flexibility index (Phi) is 4.78. The second-order valence-electron chi connectivity index (χ2n) is 4.57. The van der Waals surface area contributed by atoms with Gasteiger partial charge in [0, 0.05) is 15.7 Å². The van der Waals surface area contributed by atoms with Crippen LogP contribution in [0.25, 0.3) is 0 Å². The summed E-state index contributed by atoms with van der Waals surface area (Å²) < 4.78 is 1.28. The molecule has 0 amide bonds. The normalized spacial score (nSPS) is 14.2. The van der Waals surface area contributed by atoms with E-state index < -0.39 is 0 Å². The predicted octanol–water partition coefficient (Wildman–Crippen LogP) is 4.70. The molecule has 0 bridgehead atoms. The number of nitrogens with one attached hydrogen (secondary N) is 1. The number of rotatable bonds is 4. The zero-order chi connectivity index (χ0) is 13.0. The number of hydrogen-bond acceptors (Lipinski definition) is 1. The molecule has 2 aromatic carbocycles. The first-order valence-corrected chi connectivity index (χ1v) is 7.31. The average molecular weight is 351 g/mol. The smallest absolute Gasteiger partial charge is 0.0297 e. The van der Waals surface area contributed by atoms with Crippen LogP contribution < -0.4 is 5.32 Å². The summed E-state index contributed by atoms with van der Waals surface area (Å²) in [5.41, 5.74) is 2.66. The number of hydrogen-bond donors (Lipinski definition) is 1. The molecule has 94 valence electrons. The van der Waals surface area contributed by atoms with Crippen molar-refractivity contribution in [3.63, 3.8) is 0 Å². The lowest BCUT2D eigenvalue weighted by molar-refractivity contribution is 0.494. The Morgan fingerprint density at radius 1 is 0.778 bits per heavy atom. The fourth-order valence-corrected chi connectivity index (χ4v) is 2.42. The predicted molar refractivity (Wildman–Crippen MR) is 85.6 cm³/mol. The van der Waals surface area contributed by atoms with Gasteiger partial charge in [-0.3, -0.25) is 0 Å². The van der Waals surface area contributed by atoms with Crippen LogP contribution in [0.1, 0.15) is 37.1 Å². The summed E-state index contributed by atoms with van der Waals surface area (Å²) in [7, 11) is 0. The first-order chi connectivity index (χ1) is 8.66. The largest absolute Gasteiger partial charge is 0.304 e. The zero-order valence-corrected chi connectivity index (χ0v) is 12.9. The summed E-state index contributed by atoms with van der Waals surface area (Å²) >= 11 is 2.33. The summed E-state index contributed by atoms with van der Waals surface area (Å²) in [6.07, 6.45) is 0. The fourth-order valence-electron chi connectivity index (χ4n) is 2.06. The van der Waals surface area contributed by atoms with Crippen molar-refractivity contribution in [2.24, 2.45) is 0 Å². The van der Waals surface area contributed by atoms with Crippen molar-refractivity contribution in [3.8, 4) is 0 Å². The van der Waals surface area contributed by atoms with E-state index in [1.165, 1.54) is 14.7 Å². The zero-order valence-electron chi connectivity index (χ0n) is 10.7. The van der Waals surface area contributed by atoms with Crippen LogP contribution >= 0.6 is 22.6 Å². The Morgan fingerprint density at radius 3 is 1.83 bits per heavy atom. The van der Waals surface area contributed by atoms with E-state index in [-0.39, 0.29) is 0 Å². The van der Waals surface area contributed by atoms with E-state index in [0.717, 1.165) is 0 Å². The molecule has 2 rings (SSSR count). The Morgan fingerprint density at radius 2 is 1.28 bits per heavy atom. The molecule has 2 unspecified atom stereocenters. The molecular formula is C16H18IN. The second kappa shape index (κ2) is 6.34. The molecule has 0 aliphatic heterocycles. The molecule has 1 N–H and O–H groups in total. The third-order valence-corrected chi connectivity index (χ3v) is 3.89. The van der Waals surface area contributed by atoms with Crippen molar-refractivity contribution in [1.82, 2.24) is 5.32 Å². The minimum Gasteiger partial charge on any atom is -0.304 e. The van der Waals surface area contributed by atoms with Gasteiger partial charge in [0.1, 0.15) is 0 Å². The summed E-state index contributed by atoms with van der Waals surface area (Å²) in [5, 5.41) is 3.63. The molecule has 0 fully saturated rings. The van der Waals surface area contributed by atoms with E-state index in [9.17, 15) is 0 Å². The third-order valence-electron chi connectivity index (χ3n) is 3.17. The van der Waals surface area contributed by atoms with Gasteiger partial charge in [-0.05, 0) is 59.7 Å². The standard InChI is InChI=1S/C16H18IN/c1-12(14-6-4-3-5-7-14)18-13(2)15-8-10-16(17)11-9-15/h3-13,18H,1-2H3. The monoisotopic (exact) mass is 351 g/mol. The minimum atomic E-state index is 0.359. The van der Waals surface area contributed by atoms with Crippen LogP contribution in [0.4, 0.5) is 0 Å². The molecule has 1 nitrogen and oxygen atoms in total. The maximum absolute atomic E-state index is 3.63. The topological polar surface area (TPSA) is 12.0 Å². The van der Waals surface area contributed by atoms with E-state index in [1.807, 2.05) is 0 Å². The third kappa shape index (κ3) is 3.56. The van der Waals surface area contributed by atoms with Crippen LogP contribution in [0, 0.1) is 3.57 Å². The first-order valence-electron chi connectivity index (χ1n) is 6.23. The van der Waals surface area contributed by atoms with E-state index >= 15 is 0 Å². The van der Waals surface area contributed by atoms with E-state index in [4.69, 9.17) is 0 Å². The molecule has 0 radical (unpaired) electrons. The van der Waals surface area contributed by atoms with Crippen molar-refractivity contribution in [3.05, 3.63) is 69.3 Å². The van der Waals surface area contributed by atoms with Crippen LogP contribution in [-0.2, 0) is 0 Å². The van der Waals surface area contributed by atoms with Gasteiger partial charge in [-0.2, -0.15) is 0 Å². The summed E-state index contributed by atoms with van der Waals surface area (Å²) in [6, 6.07) is 20.0. The van der Waals surface area contributed by atoms with Gasteiger partial charge >= 0.3 is 0 Å². The van der Waals surface area contributed by atoms with Crippen LogP contribution in [-0.4, -0.2) is 0 Å². The van der Waals surface area contributed by atoms with Gasteiger partial charge in [0.2, 0.25) is 0 Å². The molecule has 0 spiro atoms. The van der Waals surface area contributed by atoms with Gasteiger partial charge in [0.05, 0.1) is 0 Å². The molecule has 0 aromatic heterocycles. The summed E-state index contributed by atoms with van der Waals surface area (Å²) in [6.45, 7) is 4.42. The van der Waals surface area contributed by atoms with Crippen molar-refractivity contribution in [2.45, 2.75) is 25.9 Å². The van der Waals surface area contributed by atoms with Crippen LogP contribution in [0.3, 0.4) is 0 Å². The molecule has 2 atom stereocenters. The molecule has 18 heavy (non-hydrogen) atoms. The molecule has 0 aliphatic carbocycles. The molecule has 0 saturated carbocycles. The highest BCUT2D eigenvalue weighted by molar-refractivity contribution is 14.1. The van der Waals surface area contributed by atoms with Crippen molar-refractivity contribution >= 4 is 22.6 Å². The Balaban J connectivity index is 2.03. The first kappa shape index (κ1) is 13.6. The van der Waals surface area contributed by atoms with Gasteiger partial charge in [0.15, 0.2) is 0 Å². The maximum atomic E-state index is 3.63. The lowest BCUT2D eigenvalue weighted by Gasteiger charge is -2.20. The molecule has 0 aliphatic rings. The van der Waals surface area contributed by atoms with E-state index in [1.54, 1.807) is 0 Å². The van der Waals surface area contributed by atoms with Crippen molar-refractivity contribution in [1.29, 1.82) is 0 Å². The van der Waals surface area contributed by atoms with Crippen molar-refractivity contribution < 1.29 is 0 Å². The molecular weight excluding hydrogens is 333 g/mol. The highest BCUT2D eigenvalue weighted by Crippen LogP contribution is 2.19. The van der Waals surface area contributed by atoms with Gasteiger partial charge in [-0.1, -0.05) is 42.5 Å². The quantitative estimate of drug-likeness (QED) is 0.787. The Hall–Kier alpha value is -0.870. The Bertz CT molecular complexity index is 478. The van der Waals surface area contributed by atoms with Gasteiger partial charge in [-0.25, -0.2) is 0 Å². The van der Waals surface area contributed by atoms with Gasteiger partial charge in [-0.15, -0.1) is 0 Å². The maximum Gasteiger partial charge on any atom is 0.0297 e. The molecule has 0 heterocycles. The van der Waals surface area contributed by atoms with E-state index in [0.29, 0.717) is 12.1 Å². The van der Waals surface area contributed by atoms with Gasteiger partial charge < -0.3 is 5.32 Å². The fraction of sp³-hybridized carbons (Fsp3) is 0.250. The lowest BCUT2D eigenvalue weighted by atomic mass is 10.0. The van der Waals surface area contributed by atoms with E-state index in [2.05, 4.69) is 96.4 Å². The summed E-state index contributed by atoms with van der Waals surface area (Å²) in [5.74, 6) is 0. The Labute approximate surface area is 123 Å². The van der Waals surface area contributed by atoms with Gasteiger partial charge in [0.25, 0.3) is 0 Å². The summed E-state index contributed by atoms with van der Waals surface area (Å²) in [4.78, 5) is 0. The number of benzene rings is 2. The highest BCUT2D eigenvalue weighted by atomic mass is 127. The second-order valence-corrected chi connectivity index (χ2v) is 5.82. The van der Waals surface area contributed by atoms with Crippen LogP contribution in [0.2, 0.25) is 0 Å². The molecule has 0 saturated heterocycles. The average Bonchev–Trinajstić information content (AvgIpc) is 2.40. The van der Waals surface area contributed by atoms with Crippen molar-refractivity contribution in [2.75, 3.05) is 0 Å². The molecule has 2 aromatic rings. The SMILES string of the molecule is CC(NC(C)c1ccc(I)cc1)c1ccccc1. The minimum absolute atomic E-state index is 0.359. The highest BCUT2D eigenvalue weighted by Gasteiger charge is 2.10. The number of halogens is 1. The molecule has 2 heteroatoms. The van der Waals surface area contributed by atoms with Crippen LogP contribution in [0.5, 0.6) is 0 Å². The van der Waals surface area contributed by atoms with Crippen LogP contribution in [0.15, 0.2) is 54.6 Å².